The molecule has 3 N–H and O–H groups in total. The van der Waals surface area contributed by atoms with Crippen molar-refractivity contribution in [1.82, 2.24) is 19.7 Å². The fraction of sp³-hybridized carbons (Fsp3) is 0.200. The van der Waals surface area contributed by atoms with E-state index in [1.807, 2.05) is 0 Å². The van der Waals surface area contributed by atoms with Crippen LogP contribution in [0.5, 0.6) is 0 Å². The van der Waals surface area contributed by atoms with Gasteiger partial charge in [-0.3, -0.25) is 4.79 Å². The van der Waals surface area contributed by atoms with Gasteiger partial charge in [0.15, 0.2) is 5.69 Å². The summed E-state index contributed by atoms with van der Waals surface area (Å²) in [5.41, 5.74) is 5.28. The van der Waals surface area contributed by atoms with Crippen molar-refractivity contribution < 1.29 is 9.53 Å². The first-order chi connectivity index (χ1) is 8.63. The molecule has 8 nitrogen and oxygen atoms in total. The number of nitrogens with two attached hydrogens (primary N) is 1. The lowest BCUT2D eigenvalue weighted by molar-refractivity contribution is 0.0520. The van der Waals surface area contributed by atoms with Gasteiger partial charge in [0.25, 0.3) is 5.56 Å². The average Bonchev–Trinajstić information content (AvgIpc) is 2.72. The van der Waals surface area contributed by atoms with E-state index in [0.29, 0.717) is 0 Å². The lowest BCUT2D eigenvalue weighted by atomic mass is 10.4. The van der Waals surface area contributed by atoms with Gasteiger partial charge in [0.05, 0.1) is 18.5 Å². The van der Waals surface area contributed by atoms with Crippen LogP contribution in [-0.4, -0.2) is 32.3 Å². The third-order valence-corrected chi connectivity index (χ3v) is 2.12. The molecule has 0 saturated heterocycles. The monoisotopic (exact) mass is 249 g/mol. The number of nitrogen functional groups attached to an aromatic ring is 1. The van der Waals surface area contributed by atoms with Crippen molar-refractivity contribution in [2.24, 2.45) is 0 Å². The van der Waals surface area contributed by atoms with Crippen molar-refractivity contribution in [3.05, 3.63) is 34.6 Å². The number of esters is 1. The van der Waals surface area contributed by atoms with Crippen LogP contribution in [0.25, 0.3) is 5.82 Å². The van der Waals surface area contributed by atoms with Crippen molar-refractivity contribution in [2.75, 3.05) is 12.3 Å². The first kappa shape index (κ1) is 11.8. The Morgan fingerprint density at radius 2 is 2.39 bits per heavy atom. The van der Waals surface area contributed by atoms with E-state index in [4.69, 9.17) is 10.5 Å². The Morgan fingerprint density at radius 3 is 3.06 bits per heavy atom. The fourth-order valence-electron chi connectivity index (χ4n) is 1.36. The smallest absolute Gasteiger partial charge is 0.361 e. The molecule has 2 rings (SSSR count). The number of hydrogen-bond acceptors (Lipinski definition) is 6. The summed E-state index contributed by atoms with van der Waals surface area (Å²) in [7, 11) is 0. The molecule has 2 aromatic rings. The number of H-pyrrole nitrogens is 1. The summed E-state index contributed by atoms with van der Waals surface area (Å²) in [6, 6.07) is 0. The van der Waals surface area contributed by atoms with Crippen molar-refractivity contribution >= 4 is 11.7 Å². The van der Waals surface area contributed by atoms with Crippen molar-refractivity contribution in [3.8, 4) is 5.82 Å². The molecule has 0 radical (unpaired) electrons. The molecule has 0 fully saturated rings. The minimum atomic E-state index is -0.638. The van der Waals surface area contributed by atoms with Crippen LogP contribution in [0, 0.1) is 0 Å². The highest BCUT2D eigenvalue weighted by molar-refractivity contribution is 5.92. The van der Waals surface area contributed by atoms with E-state index in [-0.39, 0.29) is 23.8 Å². The highest BCUT2D eigenvalue weighted by atomic mass is 16.5. The molecule has 0 unspecified atom stereocenters. The van der Waals surface area contributed by atoms with Gasteiger partial charge in [-0.2, -0.15) is 5.10 Å². The van der Waals surface area contributed by atoms with Gasteiger partial charge in [-0.05, 0) is 6.92 Å². The van der Waals surface area contributed by atoms with E-state index in [9.17, 15) is 9.59 Å². The van der Waals surface area contributed by atoms with Crippen LogP contribution < -0.4 is 11.3 Å². The maximum Gasteiger partial charge on any atom is 0.361 e. The normalized spacial score (nSPS) is 10.3. The molecule has 0 bridgehead atoms. The predicted octanol–water partition coefficient (Wildman–Crippen LogP) is -0.285. The standard InChI is InChI=1S/C10H11N5O3/c1-2-18-10(17)7-6(11)5-15(14-7)8-9(16)13-4-3-12-8/h3-5H,2,11H2,1H3,(H,13,16). The zero-order chi connectivity index (χ0) is 13.1. The van der Waals surface area contributed by atoms with Crippen LogP contribution in [0.1, 0.15) is 17.4 Å². The summed E-state index contributed by atoms with van der Waals surface area (Å²) in [6.45, 7) is 1.89. The van der Waals surface area contributed by atoms with Crippen molar-refractivity contribution in [2.45, 2.75) is 6.92 Å². The number of aromatic nitrogens is 4. The number of anilines is 1. The highest BCUT2D eigenvalue weighted by Gasteiger charge is 2.17. The Morgan fingerprint density at radius 1 is 1.61 bits per heavy atom. The van der Waals surface area contributed by atoms with Gasteiger partial charge in [-0.25, -0.2) is 14.5 Å². The SMILES string of the molecule is CCOC(=O)c1nn(-c2ncc[nH]c2=O)cc1N. The molecule has 0 atom stereocenters. The largest absolute Gasteiger partial charge is 0.461 e. The van der Waals surface area contributed by atoms with Crippen molar-refractivity contribution in [1.29, 1.82) is 0 Å². The fourth-order valence-corrected chi connectivity index (χ4v) is 1.36. The minimum absolute atomic E-state index is 0.0275. The van der Waals surface area contributed by atoms with E-state index >= 15 is 0 Å². The van der Waals surface area contributed by atoms with Gasteiger partial charge >= 0.3 is 5.97 Å². The molecule has 18 heavy (non-hydrogen) atoms. The average molecular weight is 249 g/mol. The lowest BCUT2D eigenvalue weighted by Gasteiger charge is -1.98. The zero-order valence-electron chi connectivity index (χ0n) is 9.58. The molecular formula is C10H11N5O3. The number of carbonyl (C=O) groups is 1. The summed E-state index contributed by atoms with van der Waals surface area (Å²) in [4.78, 5) is 29.3. The number of rotatable bonds is 3. The molecule has 0 spiro atoms. The van der Waals surface area contributed by atoms with Gasteiger partial charge in [0, 0.05) is 12.4 Å². The van der Waals surface area contributed by atoms with E-state index < -0.39 is 11.5 Å². The second kappa shape index (κ2) is 4.70. The maximum atomic E-state index is 11.5. The summed E-state index contributed by atoms with van der Waals surface area (Å²) in [5.74, 6) is -0.610. The first-order valence-electron chi connectivity index (χ1n) is 5.19. The second-order valence-corrected chi connectivity index (χ2v) is 3.34. The molecule has 2 heterocycles. The number of aromatic amines is 1. The van der Waals surface area contributed by atoms with Crippen LogP contribution in [0.4, 0.5) is 5.69 Å². The number of nitrogens with zero attached hydrogens (tertiary/aromatic N) is 3. The topological polar surface area (TPSA) is 116 Å². The molecular weight excluding hydrogens is 238 g/mol. The maximum absolute atomic E-state index is 11.5. The van der Waals surface area contributed by atoms with Gasteiger partial charge in [0.1, 0.15) is 0 Å². The van der Waals surface area contributed by atoms with E-state index in [1.165, 1.54) is 18.6 Å². The van der Waals surface area contributed by atoms with Gasteiger partial charge in [-0.15, -0.1) is 0 Å². The van der Waals surface area contributed by atoms with Crippen LogP contribution >= 0.6 is 0 Å². The van der Waals surface area contributed by atoms with Crippen molar-refractivity contribution in [3.63, 3.8) is 0 Å². The van der Waals surface area contributed by atoms with Crippen LogP contribution in [0.2, 0.25) is 0 Å². The van der Waals surface area contributed by atoms with E-state index in [2.05, 4.69) is 15.1 Å². The zero-order valence-corrected chi connectivity index (χ0v) is 9.58. The lowest BCUT2D eigenvalue weighted by Crippen LogP contribution is -2.17. The summed E-state index contributed by atoms with van der Waals surface area (Å²) in [5, 5.41) is 3.89. The molecule has 0 aliphatic carbocycles. The highest BCUT2D eigenvalue weighted by Crippen LogP contribution is 2.12. The van der Waals surface area contributed by atoms with Gasteiger partial charge < -0.3 is 15.5 Å². The summed E-state index contributed by atoms with van der Waals surface area (Å²) >= 11 is 0. The molecule has 0 aromatic carbocycles. The third kappa shape index (κ3) is 2.08. The van der Waals surface area contributed by atoms with Gasteiger partial charge in [-0.1, -0.05) is 0 Å². The predicted molar refractivity (Wildman–Crippen MR) is 62.3 cm³/mol. The second-order valence-electron chi connectivity index (χ2n) is 3.34. The molecule has 94 valence electrons. The molecule has 0 aliphatic heterocycles. The van der Waals surface area contributed by atoms with E-state index in [0.717, 1.165) is 4.68 Å². The Balaban J connectivity index is 2.44. The Kier molecular flexibility index (Phi) is 3.09. The third-order valence-electron chi connectivity index (χ3n) is 2.12. The summed E-state index contributed by atoms with van der Waals surface area (Å²) in [6.07, 6.45) is 4.13. The number of carbonyl (C=O) groups excluding carboxylic acids is 1. The Hall–Kier alpha value is -2.64. The molecule has 0 aliphatic rings. The Labute approximate surface area is 101 Å². The van der Waals surface area contributed by atoms with Gasteiger partial charge in [0.2, 0.25) is 5.82 Å². The minimum Gasteiger partial charge on any atom is -0.461 e. The number of ether oxygens (including phenoxy) is 1. The number of nitrogens with one attached hydrogen (secondary N) is 1. The molecule has 2 aromatic heterocycles. The van der Waals surface area contributed by atoms with Crippen LogP contribution in [0.3, 0.4) is 0 Å². The van der Waals surface area contributed by atoms with Crippen LogP contribution in [-0.2, 0) is 4.74 Å². The summed E-state index contributed by atoms with van der Waals surface area (Å²) < 4.78 is 5.93. The number of hydrogen-bond donors (Lipinski definition) is 2. The Bertz CT molecular complexity index is 630. The quantitative estimate of drug-likeness (QED) is 0.722. The first-order valence-corrected chi connectivity index (χ1v) is 5.19. The molecule has 0 saturated carbocycles. The molecule has 8 heteroatoms. The van der Waals surface area contributed by atoms with E-state index in [1.54, 1.807) is 6.92 Å². The molecule has 0 amide bonds. The van der Waals surface area contributed by atoms with Crippen LogP contribution in [0.15, 0.2) is 23.4 Å².